The fourth-order valence-electron chi connectivity index (χ4n) is 2.01. The number of hydrogen-bond donors (Lipinski definition) is 4. The molecule has 1 unspecified atom stereocenters. The zero-order chi connectivity index (χ0) is 20.0. The first-order valence-corrected chi connectivity index (χ1v) is 7.52. The smallest absolute Gasteiger partial charge is 0.465 e. The van der Waals surface area contributed by atoms with Crippen molar-refractivity contribution in [2.24, 2.45) is 0 Å². The number of carbonyl (C=O) groups is 2. The van der Waals surface area contributed by atoms with Gasteiger partial charge in [0.15, 0.2) is 5.82 Å². The van der Waals surface area contributed by atoms with Gasteiger partial charge in [0.2, 0.25) is 5.91 Å². The number of benzene rings is 1. The summed E-state index contributed by atoms with van der Waals surface area (Å²) in [4.78, 5) is 26.6. The first kappa shape index (κ1) is 19.8. The first-order valence-electron chi connectivity index (χ1n) is 7.52. The van der Waals surface area contributed by atoms with Gasteiger partial charge < -0.3 is 25.8 Å². The maximum atomic E-state index is 12.3. The minimum Gasteiger partial charge on any atom is -0.465 e. The number of ether oxygens (including phenoxy) is 1. The Labute approximate surface area is 151 Å². The standard InChI is InChI=1S/C16H15F3N4O4/c1-9(21-15(25)26)14(24)23-12-6-3-7-20-13(12)22-10-4-2-5-11(8-10)27-16(17,18)19/h2-9,21H,1H3,(H,20,22)(H,23,24)(H,25,26). The Hall–Kier alpha value is -3.50. The van der Waals surface area contributed by atoms with E-state index in [0.717, 1.165) is 12.1 Å². The van der Waals surface area contributed by atoms with Crippen LogP contribution in [-0.4, -0.2) is 34.5 Å². The molecule has 0 saturated carbocycles. The molecule has 0 aliphatic heterocycles. The molecule has 0 radical (unpaired) electrons. The van der Waals surface area contributed by atoms with Crippen molar-refractivity contribution in [3.63, 3.8) is 0 Å². The lowest BCUT2D eigenvalue weighted by Crippen LogP contribution is -2.40. The minimum atomic E-state index is -4.82. The summed E-state index contributed by atoms with van der Waals surface area (Å²) in [6.45, 7) is 1.35. The van der Waals surface area contributed by atoms with Crippen molar-refractivity contribution in [1.82, 2.24) is 10.3 Å². The van der Waals surface area contributed by atoms with Gasteiger partial charge in [0.25, 0.3) is 0 Å². The molecule has 11 heteroatoms. The fraction of sp³-hybridized carbons (Fsp3) is 0.188. The molecule has 2 amide bonds. The average Bonchev–Trinajstić information content (AvgIpc) is 2.54. The number of carbonyl (C=O) groups excluding carboxylic acids is 1. The first-order chi connectivity index (χ1) is 12.6. The quantitative estimate of drug-likeness (QED) is 0.608. The number of pyridine rings is 1. The van der Waals surface area contributed by atoms with Gasteiger partial charge in [-0.25, -0.2) is 9.78 Å². The molecular formula is C16H15F3N4O4. The molecule has 8 nitrogen and oxygen atoms in total. The van der Waals surface area contributed by atoms with Crippen LogP contribution in [0.2, 0.25) is 0 Å². The zero-order valence-electron chi connectivity index (χ0n) is 13.9. The van der Waals surface area contributed by atoms with Gasteiger partial charge in [0.05, 0.1) is 5.69 Å². The number of nitrogens with one attached hydrogen (secondary N) is 3. The summed E-state index contributed by atoms with van der Waals surface area (Å²) < 4.78 is 40.8. The minimum absolute atomic E-state index is 0.150. The van der Waals surface area contributed by atoms with E-state index in [0.29, 0.717) is 0 Å². The maximum absolute atomic E-state index is 12.3. The highest BCUT2D eigenvalue weighted by molar-refractivity contribution is 5.98. The molecule has 0 saturated heterocycles. The zero-order valence-corrected chi connectivity index (χ0v) is 13.9. The highest BCUT2D eigenvalue weighted by Gasteiger charge is 2.31. The monoisotopic (exact) mass is 384 g/mol. The Morgan fingerprint density at radius 1 is 1.22 bits per heavy atom. The second-order valence-corrected chi connectivity index (χ2v) is 5.26. The summed E-state index contributed by atoms with van der Waals surface area (Å²) in [6.07, 6.45) is -4.77. The van der Waals surface area contributed by atoms with Gasteiger partial charge in [-0.1, -0.05) is 6.07 Å². The van der Waals surface area contributed by atoms with Crippen LogP contribution in [0.25, 0.3) is 0 Å². The van der Waals surface area contributed by atoms with E-state index in [9.17, 15) is 22.8 Å². The molecule has 0 aliphatic carbocycles. The number of carboxylic acid groups (broad SMARTS) is 1. The number of nitrogens with zero attached hydrogens (tertiary/aromatic N) is 1. The fourth-order valence-corrected chi connectivity index (χ4v) is 2.01. The molecule has 2 aromatic rings. The molecule has 0 fully saturated rings. The van der Waals surface area contributed by atoms with Crippen molar-refractivity contribution >= 4 is 29.2 Å². The van der Waals surface area contributed by atoms with Crippen LogP contribution in [0.3, 0.4) is 0 Å². The third kappa shape index (κ3) is 6.38. The van der Waals surface area contributed by atoms with E-state index in [1.807, 2.05) is 5.32 Å². The maximum Gasteiger partial charge on any atom is 0.573 e. The van der Waals surface area contributed by atoms with Gasteiger partial charge in [-0.15, -0.1) is 13.2 Å². The van der Waals surface area contributed by atoms with Crippen molar-refractivity contribution < 1.29 is 32.6 Å². The number of alkyl halides is 3. The summed E-state index contributed by atoms with van der Waals surface area (Å²) in [5.41, 5.74) is 0.450. The molecule has 0 bridgehead atoms. The van der Waals surface area contributed by atoms with E-state index < -0.39 is 30.2 Å². The molecule has 27 heavy (non-hydrogen) atoms. The van der Waals surface area contributed by atoms with Crippen molar-refractivity contribution in [3.05, 3.63) is 42.6 Å². The van der Waals surface area contributed by atoms with E-state index in [2.05, 4.69) is 20.4 Å². The van der Waals surface area contributed by atoms with Gasteiger partial charge in [-0.3, -0.25) is 4.79 Å². The molecule has 0 spiro atoms. The summed E-state index contributed by atoms with van der Waals surface area (Å²) in [5.74, 6) is -0.909. The van der Waals surface area contributed by atoms with E-state index >= 15 is 0 Å². The van der Waals surface area contributed by atoms with E-state index in [1.54, 1.807) is 0 Å². The van der Waals surface area contributed by atoms with Crippen molar-refractivity contribution in [1.29, 1.82) is 0 Å². The number of anilines is 3. The molecule has 1 aromatic heterocycles. The van der Waals surface area contributed by atoms with Crippen LogP contribution in [0, 0.1) is 0 Å². The molecule has 1 aromatic carbocycles. The van der Waals surface area contributed by atoms with Gasteiger partial charge in [0, 0.05) is 18.0 Å². The summed E-state index contributed by atoms with van der Waals surface area (Å²) >= 11 is 0. The van der Waals surface area contributed by atoms with Crippen LogP contribution < -0.4 is 20.7 Å². The van der Waals surface area contributed by atoms with Crippen LogP contribution in [-0.2, 0) is 4.79 Å². The van der Waals surface area contributed by atoms with Gasteiger partial charge in [-0.2, -0.15) is 0 Å². The summed E-state index contributed by atoms with van der Waals surface area (Å²) in [6, 6.07) is 7.08. The molecule has 1 heterocycles. The van der Waals surface area contributed by atoms with Gasteiger partial charge in [0.1, 0.15) is 11.8 Å². The second kappa shape index (κ2) is 8.25. The molecule has 0 aliphatic rings. The molecular weight excluding hydrogens is 369 g/mol. The summed E-state index contributed by atoms with van der Waals surface area (Å²) in [7, 11) is 0. The predicted molar refractivity (Wildman–Crippen MR) is 89.9 cm³/mol. The Balaban J connectivity index is 2.15. The van der Waals surface area contributed by atoms with Gasteiger partial charge >= 0.3 is 12.5 Å². The van der Waals surface area contributed by atoms with E-state index in [-0.39, 0.29) is 17.2 Å². The van der Waals surface area contributed by atoms with E-state index in [1.165, 1.54) is 37.4 Å². The number of amides is 2. The third-order valence-corrected chi connectivity index (χ3v) is 3.13. The largest absolute Gasteiger partial charge is 0.573 e. The number of halogens is 3. The Morgan fingerprint density at radius 3 is 2.63 bits per heavy atom. The van der Waals surface area contributed by atoms with Crippen LogP contribution in [0.5, 0.6) is 5.75 Å². The van der Waals surface area contributed by atoms with E-state index in [4.69, 9.17) is 5.11 Å². The van der Waals surface area contributed by atoms with Gasteiger partial charge in [-0.05, 0) is 31.2 Å². The van der Waals surface area contributed by atoms with Crippen LogP contribution in [0.1, 0.15) is 6.92 Å². The summed E-state index contributed by atoms with van der Waals surface area (Å²) in [5, 5.41) is 15.9. The van der Waals surface area contributed by atoms with Crippen molar-refractivity contribution in [3.8, 4) is 5.75 Å². The molecule has 144 valence electrons. The number of rotatable bonds is 6. The number of hydrogen-bond acceptors (Lipinski definition) is 5. The predicted octanol–water partition coefficient (Wildman–Crippen LogP) is 3.32. The lowest BCUT2D eigenvalue weighted by molar-refractivity contribution is -0.274. The average molecular weight is 384 g/mol. The van der Waals surface area contributed by atoms with Crippen molar-refractivity contribution in [2.45, 2.75) is 19.3 Å². The van der Waals surface area contributed by atoms with Crippen LogP contribution in [0.4, 0.5) is 35.2 Å². The Morgan fingerprint density at radius 2 is 1.96 bits per heavy atom. The topological polar surface area (TPSA) is 113 Å². The SMILES string of the molecule is CC(NC(=O)O)C(=O)Nc1cccnc1Nc1cccc(OC(F)(F)F)c1. The normalized spacial score (nSPS) is 12.0. The highest BCUT2D eigenvalue weighted by atomic mass is 19.4. The van der Waals surface area contributed by atoms with Crippen LogP contribution >= 0.6 is 0 Å². The van der Waals surface area contributed by atoms with Crippen molar-refractivity contribution in [2.75, 3.05) is 10.6 Å². The molecule has 2 rings (SSSR count). The van der Waals surface area contributed by atoms with Crippen LogP contribution in [0.15, 0.2) is 42.6 Å². The number of aromatic nitrogens is 1. The lowest BCUT2D eigenvalue weighted by Gasteiger charge is -2.15. The second-order valence-electron chi connectivity index (χ2n) is 5.26. The highest BCUT2D eigenvalue weighted by Crippen LogP contribution is 2.28. The lowest BCUT2D eigenvalue weighted by atomic mass is 10.2. The molecule has 4 N–H and O–H groups in total. The Kier molecular flexibility index (Phi) is 6.06. The molecule has 1 atom stereocenters. The third-order valence-electron chi connectivity index (χ3n) is 3.13. The Bertz CT molecular complexity index is 829.